The van der Waals surface area contributed by atoms with Gasteiger partial charge in [-0.25, -0.2) is 13.8 Å². The maximum absolute atomic E-state index is 15.3. The van der Waals surface area contributed by atoms with Gasteiger partial charge in [-0.05, 0) is 61.0 Å². The van der Waals surface area contributed by atoms with Crippen molar-refractivity contribution in [2.24, 2.45) is 28.5 Å². The van der Waals surface area contributed by atoms with Crippen molar-refractivity contribution in [2.75, 3.05) is 19.7 Å². The fourth-order valence-electron chi connectivity index (χ4n) is 6.24. The predicted molar refractivity (Wildman–Crippen MR) is 157 cm³/mol. The van der Waals surface area contributed by atoms with Gasteiger partial charge in [0.05, 0.1) is 12.6 Å². The smallest absolute Gasteiger partial charge is 0.270 e. The summed E-state index contributed by atoms with van der Waals surface area (Å²) < 4.78 is 35.9. The third kappa shape index (κ3) is 6.81. The van der Waals surface area contributed by atoms with E-state index in [9.17, 15) is 14.0 Å². The van der Waals surface area contributed by atoms with Crippen molar-refractivity contribution in [3.05, 3.63) is 53.9 Å². The highest BCUT2D eigenvalue weighted by molar-refractivity contribution is 7.28. The van der Waals surface area contributed by atoms with Crippen LogP contribution in [0.2, 0.25) is 0 Å². The summed E-state index contributed by atoms with van der Waals surface area (Å²) in [4.78, 5) is 35.2. The minimum atomic E-state index is -0.754. The van der Waals surface area contributed by atoms with Crippen LogP contribution in [0.1, 0.15) is 49.5 Å². The molecule has 0 radical (unpaired) electrons. The summed E-state index contributed by atoms with van der Waals surface area (Å²) in [6.45, 7) is 3.51. The summed E-state index contributed by atoms with van der Waals surface area (Å²) in [5, 5.41) is 3.31. The normalized spacial score (nSPS) is 25.9. The van der Waals surface area contributed by atoms with Crippen LogP contribution in [0.3, 0.4) is 0 Å². The van der Waals surface area contributed by atoms with E-state index < -0.39 is 17.5 Å². The zero-order valence-electron chi connectivity index (χ0n) is 23.1. The van der Waals surface area contributed by atoms with E-state index >= 15 is 4.39 Å². The second-order valence-electron chi connectivity index (χ2n) is 11.3. The average Bonchev–Trinajstić information content (AvgIpc) is 3.33. The van der Waals surface area contributed by atoms with Crippen LogP contribution in [-0.4, -0.2) is 59.7 Å². The van der Waals surface area contributed by atoms with Crippen molar-refractivity contribution in [3.8, 4) is 17.0 Å². The summed E-state index contributed by atoms with van der Waals surface area (Å²) in [7, 11) is 2.38. The molecule has 1 aromatic heterocycles. The van der Waals surface area contributed by atoms with E-state index in [0.717, 1.165) is 37.8 Å². The van der Waals surface area contributed by atoms with Crippen molar-refractivity contribution in [1.29, 1.82) is 0 Å². The Morgan fingerprint density at radius 3 is 2.78 bits per heavy atom. The van der Waals surface area contributed by atoms with Gasteiger partial charge in [0, 0.05) is 49.0 Å². The molecule has 41 heavy (non-hydrogen) atoms. The minimum Gasteiger partial charge on any atom is -0.492 e. The molecule has 5 rings (SSSR count). The number of aromatic nitrogens is 1. The summed E-state index contributed by atoms with van der Waals surface area (Å²) >= 11 is 0. The van der Waals surface area contributed by atoms with E-state index in [-0.39, 0.29) is 53.2 Å². The Kier molecular flexibility index (Phi) is 9.09. The Labute approximate surface area is 241 Å². The predicted octanol–water partition coefficient (Wildman–Crippen LogP) is 3.60. The first-order valence-corrected chi connectivity index (χ1v) is 14.7. The van der Waals surface area contributed by atoms with Gasteiger partial charge in [0.15, 0.2) is 0 Å². The van der Waals surface area contributed by atoms with Crippen molar-refractivity contribution in [3.63, 3.8) is 0 Å². The lowest BCUT2D eigenvalue weighted by Gasteiger charge is -2.38. The SMILES string of the molecule is C[C@@H]1C[C@H](N)C[C@H](C2C=CN=CC2NC(=O)c2ccc(F)c(-c3c(F)cc(OCCN4CCCC4=O)cc3P)n2)C1. The number of hydrogen-bond donors (Lipinski definition) is 2. The van der Waals surface area contributed by atoms with Crippen LogP contribution in [-0.2, 0) is 4.79 Å². The maximum atomic E-state index is 15.3. The van der Waals surface area contributed by atoms with E-state index in [1.165, 1.54) is 6.07 Å². The molecule has 2 fully saturated rings. The van der Waals surface area contributed by atoms with Crippen LogP contribution in [0.4, 0.5) is 8.78 Å². The van der Waals surface area contributed by atoms with Gasteiger partial charge in [0.1, 0.15) is 35.4 Å². The van der Waals surface area contributed by atoms with E-state index in [0.29, 0.717) is 36.7 Å². The number of amides is 2. The number of rotatable bonds is 8. The maximum Gasteiger partial charge on any atom is 0.270 e. The molecule has 1 aliphatic carbocycles. The number of benzene rings is 1. The van der Waals surface area contributed by atoms with Gasteiger partial charge < -0.3 is 20.7 Å². The topological polar surface area (TPSA) is 110 Å². The van der Waals surface area contributed by atoms with Crippen LogP contribution in [0.15, 0.2) is 41.5 Å². The number of aliphatic imine (C=N–C) groups is 1. The number of likely N-dealkylation sites (tertiary alicyclic amines) is 1. The van der Waals surface area contributed by atoms with Crippen molar-refractivity contribution in [1.82, 2.24) is 15.2 Å². The molecular formula is C30H36F2N5O3P. The first-order valence-electron chi connectivity index (χ1n) is 14.1. The van der Waals surface area contributed by atoms with Crippen LogP contribution in [0.25, 0.3) is 11.3 Å². The molecule has 6 atom stereocenters. The Morgan fingerprint density at radius 1 is 1.22 bits per heavy atom. The Bertz CT molecular complexity index is 1340. The van der Waals surface area contributed by atoms with Crippen molar-refractivity contribution >= 4 is 32.6 Å². The third-order valence-corrected chi connectivity index (χ3v) is 8.58. The molecule has 3 N–H and O–H groups in total. The number of nitrogens with zero attached hydrogens (tertiary/aromatic N) is 3. The van der Waals surface area contributed by atoms with Gasteiger partial charge in [-0.15, -0.1) is 9.24 Å². The number of pyridine rings is 1. The Balaban J connectivity index is 1.30. The lowest BCUT2D eigenvalue weighted by atomic mass is 9.71. The number of carbonyl (C=O) groups excluding carboxylic acids is 2. The molecule has 1 aromatic carbocycles. The van der Waals surface area contributed by atoms with Crippen LogP contribution in [0.5, 0.6) is 5.75 Å². The molecule has 2 aromatic rings. The van der Waals surface area contributed by atoms with Crippen LogP contribution >= 0.6 is 9.24 Å². The summed E-state index contributed by atoms with van der Waals surface area (Å²) in [6.07, 6.45) is 9.68. The first-order chi connectivity index (χ1) is 19.7. The van der Waals surface area contributed by atoms with E-state index in [4.69, 9.17) is 10.5 Å². The van der Waals surface area contributed by atoms with Gasteiger partial charge in [-0.3, -0.25) is 14.6 Å². The molecule has 0 bridgehead atoms. The van der Waals surface area contributed by atoms with E-state index in [1.807, 2.05) is 6.08 Å². The molecule has 0 spiro atoms. The number of carbonyl (C=O) groups is 2. The van der Waals surface area contributed by atoms with Gasteiger partial charge in [-0.1, -0.05) is 13.0 Å². The van der Waals surface area contributed by atoms with Crippen molar-refractivity contribution < 1.29 is 23.1 Å². The number of nitrogens with one attached hydrogen (secondary N) is 1. The van der Waals surface area contributed by atoms with Gasteiger partial charge in [0.2, 0.25) is 5.91 Å². The van der Waals surface area contributed by atoms with Gasteiger partial charge in [-0.2, -0.15) is 0 Å². The molecule has 2 amide bonds. The molecule has 3 heterocycles. The summed E-state index contributed by atoms with van der Waals surface area (Å²) in [6, 6.07) is 4.88. The second kappa shape index (κ2) is 12.7. The molecule has 1 saturated heterocycles. The molecule has 3 unspecified atom stereocenters. The highest BCUT2D eigenvalue weighted by Crippen LogP contribution is 2.36. The number of nitrogens with two attached hydrogens (primary N) is 1. The van der Waals surface area contributed by atoms with Gasteiger partial charge >= 0.3 is 0 Å². The largest absolute Gasteiger partial charge is 0.492 e. The summed E-state index contributed by atoms with van der Waals surface area (Å²) in [5.41, 5.74) is 5.92. The molecule has 218 valence electrons. The third-order valence-electron chi connectivity index (χ3n) is 8.12. The van der Waals surface area contributed by atoms with Gasteiger partial charge in [0.25, 0.3) is 5.91 Å². The standard InChI is InChI=1S/C30H36F2N5O3P/c1-17-11-18(13-19(33)12-17)21-6-7-34-16-25(21)36-30(39)24-5-4-22(31)29(35-24)28-23(32)14-20(15-26(28)41)40-10-9-37-8-2-3-27(37)38/h4-7,14-19,21,25H,2-3,8-13,33,41H2,1H3,(H,36,39)/t17-,18+,19-,21?,25?/m0/s1. The Morgan fingerprint density at radius 2 is 2.05 bits per heavy atom. The zero-order chi connectivity index (χ0) is 29.1. The fraction of sp³-hybridized carbons (Fsp3) is 0.467. The molecule has 8 nitrogen and oxygen atoms in total. The summed E-state index contributed by atoms with van der Waals surface area (Å²) in [5.74, 6) is -0.834. The van der Waals surface area contributed by atoms with Crippen molar-refractivity contribution in [2.45, 2.75) is 51.1 Å². The molecule has 1 saturated carbocycles. The molecule has 11 heteroatoms. The number of halogens is 2. The second-order valence-corrected chi connectivity index (χ2v) is 11.9. The quantitative estimate of drug-likeness (QED) is 0.462. The fourth-order valence-corrected chi connectivity index (χ4v) is 6.68. The zero-order valence-corrected chi connectivity index (χ0v) is 24.2. The minimum absolute atomic E-state index is 0.0254. The lowest BCUT2D eigenvalue weighted by molar-refractivity contribution is -0.128. The highest BCUT2D eigenvalue weighted by Gasteiger charge is 2.35. The van der Waals surface area contributed by atoms with Crippen LogP contribution in [0, 0.1) is 29.4 Å². The van der Waals surface area contributed by atoms with E-state index in [1.54, 1.807) is 23.4 Å². The van der Waals surface area contributed by atoms with Crippen LogP contribution < -0.4 is 21.1 Å². The Hall–Kier alpha value is -3.23. The lowest BCUT2D eigenvalue weighted by Crippen LogP contribution is -2.47. The number of hydrogen-bond acceptors (Lipinski definition) is 6. The van der Waals surface area contributed by atoms with E-state index in [2.05, 4.69) is 31.5 Å². The molecule has 3 aliphatic rings. The highest BCUT2D eigenvalue weighted by atomic mass is 31.0. The monoisotopic (exact) mass is 583 g/mol. The number of ether oxygens (including phenoxy) is 1. The average molecular weight is 584 g/mol. The molecule has 2 aliphatic heterocycles. The first kappa shape index (κ1) is 29.3. The molecular weight excluding hydrogens is 547 g/mol.